The van der Waals surface area contributed by atoms with Gasteiger partial charge in [-0.1, -0.05) is 13.0 Å². The maximum atomic E-state index is 13.2. The number of carboxylic acids is 1. The number of hydrogen-bond donors (Lipinski definition) is 4. The summed E-state index contributed by atoms with van der Waals surface area (Å²) >= 11 is 0. The molecule has 2 unspecified atom stereocenters. The Balaban J connectivity index is 2.49. The second kappa shape index (κ2) is 10.6. The summed E-state index contributed by atoms with van der Waals surface area (Å²) in [6.45, 7) is 2.73. The molecule has 0 amide bonds. The van der Waals surface area contributed by atoms with Gasteiger partial charge in [-0.05, 0) is 62.8 Å². The third-order valence-electron chi connectivity index (χ3n) is 5.11. The maximum Gasteiger partial charge on any atom is 0.417 e. The zero-order chi connectivity index (χ0) is 24.1. The maximum absolute atomic E-state index is 13.2. The standard InChI is InChI=1S/C22H27F3N4O3/c1-4-15(8-10-29(2)3)28-20(14-7-9-27-18(30)12-14)19(26)13-5-6-17(22(23,24)25)16(11-13)21(31)32/h5-7,9,11-12,15,20,26,28H,4,8,10H2,1-3H3,(H,27,30)(H,31,32). The summed E-state index contributed by atoms with van der Waals surface area (Å²) < 4.78 is 39.6. The van der Waals surface area contributed by atoms with Crippen LogP contribution in [0, 0.1) is 5.41 Å². The van der Waals surface area contributed by atoms with E-state index in [1.165, 1.54) is 12.3 Å². The first-order valence-electron chi connectivity index (χ1n) is 10.1. The van der Waals surface area contributed by atoms with E-state index in [1.807, 2.05) is 25.9 Å². The normalized spacial score (nSPS) is 13.7. The van der Waals surface area contributed by atoms with Crippen molar-refractivity contribution in [3.05, 3.63) is 69.1 Å². The first-order valence-corrected chi connectivity index (χ1v) is 10.1. The van der Waals surface area contributed by atoms with Gasteiger partial charge < -0.3 is 25.7 Å². The Labute approximate surface area is 183 Å². The molecule has 0 aliphatic carbocycles. The number of benzene rings is 1. The molecule has 0 bridgehead atoms. The summed E-state index contributed by atoms with van der Waals surface area (Å²) in [7, 11) is 3.86. The number of aromatic nitrogens is 1. The molecule has 2 aromatic rings. The predicted molar refractivity (Wildman–Crippen MR) is 115 cm³/mol. The van der Waals surface area contributed by atoms with Gasteiger partial charge in [-0.25, -0.2) is 4.79 Å². The number of aromatic carboxylic acids is 1. The van der Waals surface area contributed by atoms with E-state index < -0.39 is 29.3 Å². The number of H-pyrrole nitrogens is 1. The van der Waals surface area contributed by atoms with Gasteiger partial charge >= 0.3 is 12.1 Å². The monoisotopic (exact) mass is 452 g/mol. The molecule has 0 saturated heterocycles. The molecule has 10 heteroatoms. The lowest BCUT2D eigenvalue weighted by Gasteiger charge is -2.27. The van der Waals surface area contributed by atoms with Crippen molar-refractivity contribution < 1.29 is 23.1 Å². The smallest absolute Gasteiger partial charge is 0.417 e. The van der Waals surface area contributed by atoms with Gasteiger partial charge in [-0.3, -0.25) is 4.79 Å². The Bertz CT molecular complexity index is 1020. The van der Waals surface area contributed by atoms with Crippen LogP contribution in [0.5, 0.6) is 0 Å². The van der Waals surface area contributed by atoms with E-state index in [1.54, 1.807) is 6.07 Å². The molecule has 1 aromatic carbocycles. The lowest BCUT2D eigenvalue weighted by molar-refractivity contribution is -0.138. The minimum absolute atomic E-state index is 0.0237. The van der Waals surface area contributed by atoms with Crippen LogP contribution in [0.15, 0.2) is 41.3 Å². The summed E-state index contributed by atoms with van der Waals surface area (Å²) in [5.41, 5.74) is -2.24. The van der Waals surface area contributed by atoms with Crippen molar-refractivity contribution in [1.29, 1.82) is 5.41 Å². The van der Waals surface area contributed by atoms with Crippen LogP contribution in [0.2, 0.25) is 0 Å². The number of rotatable bonds is 10. The first kappa shape index (κ1) is 25.3. The Morgan fingerprint density at radius 1 is 1.25 bits per heavy atom. The second-order valence-corrected chi connectivity index (χ2v) is 7.76. The third-order valence-corrected chi connectivity index (χ3v) is 5.11. The predicted octanol–water partition coefficient (Wildman–Crippen LogP) is 3.52. The average molecular weight is 452 g/mol. The van der Waals surface area contributed by atoms with Crippen molar-refractivity contribution in [1.82, 2.24) is 15.2 Å². The lowest BCUT2D eigenvalue weighted by atomic mass is 9.93. The van der Waals surface area contributed by atoms with Gasteiger partial charge in [0.15, 0.2) is 0 Å². The van der Waals surface area contributed by atoms with Crippen LogP contribution >= 0.6 is 0 Å². The number of nitrogens with zero attached hydrogens (tertiary/aromatic N) is 1. The molecule has 0 spiro atoms. The quantitative estimate of drug-likeness (QED) is 0.413. The van der Waals surface area contributed by atoms with Crippen molar-refractivity contribution >= 4 is 11.7 Å². The van der Waals surface area contributed by atoms with Gasteiger partial charge in [0.05, 0.1) is 22.9 Å². The SMILES string of the molecule is CCC(CCN(C)C)NC(C(=N)c1ccc(C(F)(F)F)c(C(=O)O)c1)c1cc[nH]c(=O)c1. The molecule has 2 rings (SSSR count). The van der Waals surface area contributed by atoms with Crippen molar-refractivity contribution in [2.75, 3.05) is 20.6 Å². The number of carboxylic acid groups (broad SMARTS) is 1. The number of aromatic amines is 1. The summed E-state index contributed by atoms with van der Waals surface area (Å²) in [4.78, 5) is 27.8. The highest BCUT2D eigenvalue weighted by Crippen LogP contribution is 2.33. The Morgan fingerprint density at radius 2 is 1.94 bits per heavy atom. The number of nitrogens with one attached hydrogen (secondary N) is 3. The summed E-state index contributed by atoms with van der Waals surface area (Å²) in [5, 5.41) is 21.3. The lowest BCUT2D eigenvalue weighted by Crippen LogP contribution is -2.39. The van der Waals surface area contributed by atoms with Crippen LogP contribution < -0.4 is 10.9 Å². The van der Waals surface area contributed by atoms with E-state index in [-0.39, 0.29) is 22.9 Å². The van der Waals surface area contributed by atoms with Crippen molar-refractivity contribution in [2.45, 2.75) is 38.0 Å². The van der Waals surface area contributed by atoms with Crippen LogP contribution in [0.25, 0.3) is 0 Å². The van der Waals surface area contributed by atoms with Crippen LogP contribution in [0.4, 0.5) is 13.2 Å². The van der Waals surface area contributed by atoms with E-state index in [4.69, 9.17) is 5.41 Å². The highest BCUT2D eigenvalue weighted by molar-refractivity contribution is 6.04. The molecular formula is C22H27F3N4O3. The van der Waals surface area contributed by atoms with Crippen LogP contribution in [0.3, 0.4) is 0 Å². The Morgan fingerprint density at radius 3 is 2.47 bits per heavy atom. The molecular weight excluding hydrogens is 425 g/mol. The molecule has 4 N–H and O–H groups in total. The van der Waals surface area contributed by atoms with Crippen LogP contribution in [-0.4, -0.2) is 53.4 Å². The highest BCUT2D eigenvalue weighted by atomic mass is 19.4. The number of pyridine rings is 1. The molecule has 0 aliphatic heterocycles. The van der Waals surface area contributed by atoms with Crippen LogP contribution in [0.1, 0.15) is 52.9 Å². The van der Waals surface area contributed by atoms with Gasteiger partial charge in [0.2, 0.25) is 5.56 Å². The molecule has 32 heavy (non-hydrogen) atoms. The minimum Gasteiger partial charge on any atom is -0.478 e. The molecule has 1 heterocycles. The van der Waals surface area contributed by atoms with Crippen molar-refractivity contribution in [2.24, 2.45) is 0 Å². The molecule has 0 aliphatic rings. The largest absolute Gasteiger partial charge is 0.478 e. The van der Waals surface area contributed by atoms with Crippen molar-refractivity contribution in [3.63, 3.8) is 0 Å². The molecule has 0 radical (unpaired) electrons. The molecule has 2 atom stereocenters. The van der Waals surface area contributed by atoms with E-state index in [9.17, 15) is 27.9 Å². The van der Waals surface area contributed by atoms with Gasteiger partial charge in [0.25, 0.3) is 0 Å². The van der Waals surface area contributed by atoms with E-state index >= 15 is 0 Å². The summed E-state index contributed by atoms with van der Waals surface area (Å²) in [6.07, 6.45) is -1.95. The molecule has 7 nitrogen and oxygen atoms in total. The first-order chi connectivity index (χ1) is 14.9. The average Bonchev–Trinajstić information content (AvgIpc) is 2.72. The number of carbonyl (C=O) groups is 1. The summed E-state index contributed by atoms with van der Waals surface area (Å²) in [6, 6.07) is 4.67. The van der Waals surface area contributed by atoms with Gasteiger partial charge in [-0.2, -0.15) is 13.2 Å². The molecule has 1 aromatic heterocycles. The highest BCUT2D eigenvalue weighted by Gasteiger charge is 2.36. The van der Waals surface area contributed by atoms with Gasteiger partial charge in [-0.15, -0.1) is 0 Å². The number of alkyl halides is 3. The fourth-order valence-corrected chi connectivity index (χ4v) is 3.34. The third kappa shape index (κ3) is 6.51. The molecule has 0 saturated carbocycles. The number of halogens is 3. The molecule has 174 valence electrons. The Hall–Kier alpha value is -2.98. The van der Waals surface area contributed by atoms with Crippen LogP contribution in [-0.2, 0) is 6.18 Å². The zero-order valence-corrected chi connectivity index (χ0v) is 18.1. The zero-order valence-electron chi connectivity index (χ0n) is 18.1. The van der Waals surface area contributed by atoms with E-state index in [2.05, 4.69) is 10.3 Å². The second-order valence-electron chi connectivity index (χ2n) is 7.76. The van der Waals surface area contributed by atoms with Crippen molar-refractivity contribution in [3.8, 4) is 0 Å². The molecule has 0 fully saturated rings. The van der Waals surface area contributed by atoms with E-state index in [0.29, 0.717) is 18.1 Å². The van der Waals surface area contributed by atoms with E-state index in [0.717, 1.165) is 25.1 Å². The topological polar surface area (TPSA) is 109 Å². The fourth-order valence-electron chi connectivity index (χ4n) is 3.34. The Kier molecular flexibility index (Phi) is 8.34. The van der Waals surface area contributed by atoms with Gasteiger partial charge in [0, 0.05) is 18.3 Å². The van der Waals surface area contributed by atoms with Gasteiger partial charge in [0.1, 0.15) is 0 Å². The fraction of sp³-hybridized carbons (Fsp3) is 0.409. The summed E-state index contributed by atoms with van der Waals surface area (Å²) in [5.74, 6) is -1.73. The number of hydrogen-bond acceptors (Lipinski definition) is 5. The minimum atomic E-state index is -4.84.